The van der Waals surface area contributed by atoms with Crippen molar-refractivity contribution in [1.82, 2.24) is 0 Å². The summed E-state index contributed by atoms with van der Waals surface area (Å²) in [4.78, 5) is 0. The topological polar surface area (TPSA) is 0 Å². The van der Waals surface area contributed by atoms with Crippen LogP contribution in [0.3, 0.4) is 0 Å². The van der Waals surface area contributed by atoms with Gasteiger partial charge >= 0.3 is 26.2 Å². The Morgan fingerprint density at radius 2 is 1.00 bits per heavy atom. The maximum Gasteiger partial charge on any atom is 4.00 e. The number of unbranched alkanes of at least 4 members (excludes halogenated alkanes) is 1. The fraction of sp³-hybridized carbons (Fsp3) is 0.375. The van der Waals surface area contributed by atoms with Gasteiger partial charge in [0.25, 0.3) is 0 Å². The van der Waals surface area contributed by atoms with Gasteiger partial charge in [0.15, 0.2) is 0 Å². The van der Waals surface area contributed by atoms with E-state index in [9.17, 15) is 0 Å². The van der Waals surface area contributed by atoms with Crippen molar-refractivity contribution in [3.8, 4) is 0 Å². The van der Waals surface area contributed by atoms with Gasteiger partial charge in [-0.1, -0.05) is 90.5 Å². The van der Waals surface area contributed by atoms with Crippen molar-refractivity contribution in [3.63, 3.8) is 0 Å². The second-order valence-electron chi connectivity index (χ2n) is 9.75. The molecule has 0 aliphatic heterocycles. The van der Waals surface area contributed by atoms with Gasteiger partial charge in [0.05, 0.1) is 0 Å². The zero-order valence-electron chi connectivity index (χ0n) is 22.1. The Morgan fingerprint density at radius 1 is 0.636 bits per heavy atom. The van der Waals surface area contributed by atoms with Crippen LogP contribution in [0.15, 0.2) is 48.5 Å². The maximum atomic E-state index is 2.39. The fourth-order valence-electron chi connectivity index (χ4n) is 5.36. The Hall–Kier alpha value is -1.46. The predicted molar refractivity (Wildman–Crippen MR) is 146 cm³/mol. The molecule has 0 N–H and O–H groups in total. The number of rotatable bonds is 7. The molecule has 174 valence electrons. The van der Waals surface area contributed by atoms with Gasteiger partial charge in [-0.25, -0.2) is 0 Å². The summed E-state index contributed by atoms with van der Waals surface area (Å²) in [7, 11) is 0. The number of aryl methyl sites for hydroxylation is 4. The van der Waals surface area contributed by atoms with Gasteiger partial charge in [0.2, 0.25) is 0 Å². The minimum atomic E-state index is 0. The Labute approximate surface area is 222 Å². The van der Waals surface area contributed by atoms with Gasteiger partial charge < -0.3 is 14.9 Å². The fourth-order valence-corrected chi connectivity index (χ4v) is 5.36. The molecule has 0 saturated heterocycles. The van der Waals surface area contributed by atoms with Crippen LogP contribution in [0.2, 0.25) is 0 Å². The molecular weight excluding hydrogens is 476 g/mol. The summed E-state index contributed by atoms with van der Waals surface area (Å²) >= 11 is 0. The van der Waals surface area contributed by atoms with E-state index in [1.165, 1.54) is 69.5 Å². The number of benzene rings is 2. The first-order valence-corrected chi connectivity index (χ1v) is 11.7. The van der Waals surface area contributed by atoms with Crippen molar-refractivity contribution in [2.75, 3.05) is 0 Å². The van der Waals surface area contributed by atoms with Gasteiger partial charge in [0.1, 0.15) is 0 Å². The van der Waals surface area contributed by atoms with E-state index in [0.29, 0.717) is 11.8 Å². The summed E-state index contributed by atoms with van der Waals surface area (Å²) in [5, 5.41) is 5.91. The first-order chi connectivity index (χ1) is 14.4. The average Bonchev–Trinajstić information content (AvgIpc) is 3.20. The molecule has 0 atom stereocenters. The smallest absolute Gasteiger partial charge is 0.358 e. The Kier molecular flexibility index (Phi) is 11.0. The molecule has 0 amide bonds. The molecule has 0 saturated carbocycles. The molecule has 4 aromatic carbocycles. The first kappa shape index (κ1) is 29.6. The van der Waals surface area contributed by atoms with Crippen LogP contribution >= 0.6 is 0 Å². The van der Waals surface area contributed by atoms with Crippen molar-refractivity contribution in [2.24, 2.45) is 0 Å². The third kappa shape index (κ3) is 5.79. The number of fused-ring (bicyclic) bond motifs is 2. The van der Waals surface area contributed by atoms with E-state index in [4.69, 9.17) is 0 Å². The van der Waals surface area contributed by atoms with Gasteiger partial charge in [-0.2, -0.15) is 11.1 Å². The SMILES string of the molecule is Cc1[cH-]c2cccc(C(C)C)c2c1CCCCc1c(C)[cH-]c2cccc(C(C)C)c12.[CH3-].[CH3-].[Zr+4]. The van der Waals surface area contributed by atoms with Crippen LogP contribution in [0, 0.1) is 28.7 Å². The molecule has 0 nitrogen and oxygen atoms in total. The molecule has 0 fully saturated rings. The number of hydrogen-bond acceptors (Lipinski definition) is 0. The largest absolute Gasteiger partial charge is 4.00 e. The third-order valence-electron chi connectivity index (χ3n) is 6.90. The van der Waals surface area contributed by atoms with E-state index in [1.54, 1.807) is 11.1 Å². The summed E-state index contributed by atoms with van der Waals surface area (Å²) < 4.78 is 0. The molecule has 0 aliphatic rings. The molecule has 0 spiro atoms. The van der Waals surface area contributed by atoms with Crippen LogP contribution in [0.5, 0.6) is 0 Å². The van der Waals surface area contributed by atoms with E-state index in [0.717, 1.165) is 0 Å². The van der Waals surface area contributed by atoms with Crippen LogP contribution in [-0.2, 0) is 39.0 Å². The Morgan fingerprint density at radius 3 is 1.33 bits per heavy atom. The minimum absolute atomic E-state index is 0. The van der Waals surface area contributed by atoms with Gasteiger partial charge in [-0.05, 0) is 11.8 Å². The molecule has 4 rings (SSSR count). The summed E-state index contributed by atoms with van der Waals surface area (Å²) in [5.41, 5.74) is 9.12. The van der Waals surface area contributed by atoms with Gasteiger partial charge in [0, 0.05) is 0 Å². The maximum absolute atomic E-state index is 2.39. The number of hydrogen-bond donors (Lipinski definition) is 0. The Bertz CT molecular complexity index is 1070. The molecular formula is C32H42Zr. The summed E-state index contributed by atoms with van der Waals surface area (Å²) in [6.45, 7) is 13.9. The first-order valence-electron chi connectivity index (χ1n) is 11.7. The van der Waals surface area contributed by atoms with Crippen LogP contribution in [0.25, 0.3) is 21.5 Å². The molecule has 0 aliphatic carbocycles. The standard InChI is InChI=1S/C30H36.2CH3.Zr/c1-19(2)25-15-9-11-23-17-21(5)27(29(23)25)13-7-8-14-28-22(6)18-24-12-10-16-26(20(3)4)30(24)28;;;/h9-12,15-20H,7-8,13-14H2,1-6H3;2*1H3;/q-2;2*-1;+4. The molecule has 0 radical (unpaired) electrons. The summed E-state index contributed by atoms with van der Waals surface area (Å²) in [6.07, 6.45) is 4.88. The van der Waals surface area contributed by atoms with Crippen LogP contribution in [0.4, 0.5) is 0 Å². The van der Waals surface area contributed by atoms with Crippen LogP contribution in [0.1, 0.15) is 85.8 Å². The van der Waals surface area contributed by atoms with Crippen LogP contribution < -0.4 is 0 Å². The van der Waals surface area contributed by atoms with E-state index in [-0.39, 0.29) is 41.1 Å². The van der Waals surface area contributed by atoms with E-state index >= 15 is 0 Å². The van der Waals surface area contributed by atoms with Gasteiger partial charge in [-0.15, -0.1) is 69.1 Å². The quantitative estimate of drug-likeness (QED) is 0.169. The molecule has 0 heterocycles. The molecule has 0 aromatic heterocycles. The zero-order chi connectivity index (χ0) is 21.4. The second-order valence-corrected chi connectivity index (χ2v) is 9.75. The summed E-state index contributed by atoms with van der Waals surface area (Å²) in [5.74, 6) is 1.14. The zero-order valence-corrected chi connectivity index (χ0v) is 24.6. The van der Waals surface area contributed by atoms with E-state index in [2.05, 4.69) is 90.1 Å². The minimum Gasteiger partial charge on any atom is -0.358 e. The average molecular weight is 518 g/mol. The predicted octanol–water partition coefficient (Wildman–Crippen LogP) is 9.76. The molecule has 0 unspecified atom stereocenters. The third-order valence-corrected chi connectivity index (χ3v) is 6.90. The normalized spacial score (nSPS) is 11.0. The van der Waals surface area contributed by atoms with E-state index < -0.39 is 0 Å². The van der Waals surface area contributed by atoms with Crippen molar-refractivity contribution in [1.29, 1.82) is 0 Å². The van der Waals surface area contributed by atoms with Crippen molar-refractivity contribution in [2.45, 2.75) is 79.1 Å². The monoisotopic (exact) mass is 516 g/mol. The van der Waals surface area contributed by atoms with Crippen molar-refractivity contribution < 1.29 is 26.2 Å². The molecule has 33 heavy (non-hydrogen) atoms. The van der Waals surface area contributed by atoms with Crippen molar-refractivity contribution in [3.05, 3.63) is 96.8 Å². The second kappa shape index (κ2) is 12.3. The van der Waals surface area contributed by atoms with Crippen molar-refractivity contribution >= 4 is 21.5 Å². The Balaban J connectivity index is 0.00000181. The summed E-state index contributed by atoms with van der Waals surface area (Å²) in [6, 6.07) is 18.4. The molecule has 1 heteroatoms. The van der Waals surface area contributed by atoms with Crippen LogP contribution in [-0.4, -0.2) is 0 Å². The molecule has 0 bridgehead atoms. The van der Waals surface area contributed by atoms with E-state index in [1.807, 2.05) is 0 Å². The molecule has 4 aromatic rings. The van der Waals surface area contributed by atoms with Gasteiger partial charge in [-0.3, -0.25) is 0 Å².